The molecule has 4 heterocycles. The van der Waals surface area contributed by atoms with Crippen LogP contribution in [0.25, 0.3) is 11.0 Å². The monoisotopic (exact) mass is 385 g/mol. The summed E-state index contributed by atoms with van der Waals surface area (Å²) in [6, 6.07) is 0.392. The molecule has 2 aromatic heterocycles. The van der Waals surface area contributed by atoms with Crippen molar-refractivity contribution >= 4 is 28.4 Å². The number of aryl methyl sites for hydroxylation is 1. The number of rotatable bonds is 5. The molecule has 2 N–H and O–H groups in total. The Balaban J connectivity index is 1.75. The molecule has 2 aliphatic heterocycles. The zero-order chi connectivity index (χ0) is 19.5. The molecule has 152 valence electrons. The van der Waals surface area contributed by atoms with Crippen molar-refractivity contribution in [3.05, 3.63) is 11.9 Å². The van der Waals surface area contributed by atoms with Crippen molar-refractivity contribution in [2.75, 3.05) is 69.0 Å². The highest BCUT2D eigenvalue weighted by molar-refractivity contribution is 5.95. The Hall–Kier alpha value is -2.19. The van der Waals surface area contributed by atoms with Gasteiger partial charge in [0.05, 0.1) is 17.6 Å². The van der Waals surface area contributed by atoms with Gasteiger partial charge in [-0.25, -0.2) is 15.0 Å². The highest BCUT2D eigenvalue weighted by atomic mass is 16.5. The maximum atomic E-state index is 5.50. The standard InChI is InChI=1S/C20H31N7O/c1-4-15-19(23-14-5-11-28-12-6-14)25-17-16(27-9-7-26(3)8-10-27)13-22-20(21-2)18(17)24-15/h13-14H,4-12H2,1-3H3,(H,21,22)(H,23,25). The molecule has 0 aliphatic carbocycles. The third-order valence-electron chi connectivity index (χ3n) is 5.73. The fourth-order valence-corrected chi connectivity index (χ4v) is 3.92. The summed E-state index contributed by atoms with van der Waals surface area (Å²) in [7, 11) is 4.06. The van der Waals surface area contributed by atoms with Gasteiger partial charge in [0, 0.05) is 52.5 Å². The van der Waals surface area contributed by atoms with Gasteiger partial charge in [0.25, 0.3) is 0 Å². The van der Waals surface area contributed by atoms with Crippen LogP contribution in [0.1, 0.15) is 25.5 Å². The number of piperazine rings is 1. The highest BCUT2D eigenvalue weighted by Crippen LogP contribution is 2.31. The predicted octanol–water partition coefficient (Wildman–Crippen LogP) is 1.97. The van der Waals surface area contributed by atoms with Gasteiger partial charge < -0.3 is 25.2 Å². The van der Waals surface area contributed by atoms with Crippen LogP contribution < -0.4 is 15.5 Å². The number of pyridine rings is 1. The number of ether oxygens (including phenoxy) is 1. The Labute approximate surface area is 166 Å². The number of nitrogens with zero attached hydrogens (tertiary/aromatic N) is 5. The van der Waals surface area contributed by atoms with Gasteiger partial charge in [0.1, 0.15) is 16.9 Å². The van der Waals surface area contributed by atoms with E-state index in [2.05, 4.69) is 39.4 Å². The van der Waals surface area contributed by atoms with Crippen molar-refractivity contribution in [1.82, 2.24) is 19.9 Å². The van der Waals surface area contributed by atoms with E-state index in [1.165, 1.54) is 0 Å². The third kappa shape index (κ3) is 3.84. The van der Waals surface area contributed by atoms with Gasteiger partial charge >= 0.3 is 0 Å². The number of aromatic nitrogens is 3. The Bertz CT molecular complexity index is 814. The molecular formula is C20H31N7O. The first-order valence-electron chi connectivity index (χ1n) is 10.3. The van der Waals surface area contributed by atoms with E-state index in [9.17, 15) is 0 Å². The minimum absolute atomic E-state index is 0.392. The van der Waals surface area contributed by atoms with Crippen LogP contribution in [0.5, 0.6) is 0 Å². The molecule has 0 amide bonds. The Morgan fingerprint density at radius 2 is 1.82 bits per heavy atom. The maximum absolute atomic E-state index is 5.50. The first-order valence-corrected chi connectivity index (χ1v) is 10.3. The second-order valence-electron chi connectivity index (χ2n) is 7.63. The van der Waals surface area contributed by atoms with E-state index in [4.69, 9.17) is 14.7 Å². The largest absolute Gasteiger partial charge is 0.381 e. The smallest absolute Gasteiger partial charge is 0.154 e. The van der Waals surface area contributed by atoms with Crippen molar-refractivity contribution in [1.29, 1.82) is 0 Å². The van der Waals surface area contributed by atoms with Gasteiger partial charge in [0.15, 0.2) is 5.82 Å². The molecule has 2 aromatic rings. The molecule has 0 aromatic carbocycles. The topological polar surface area (TPSA) is 78.4 Å². The van der Waals surface area contributed by atoms with E-state index in [1.807, 2.05) is 13.2 Å². The molecule has 2 fully saturated rings. The minimum Gasteiger partial charge on any atom is -0.381 e. The summed E-state index contributed by atoms with van der Waals surface area (Å²) in [5.41, 5.74) is 3.85. The summed E-state index contributed by atoms with van der Waals surface area (Å²) in [5, 5.41) is 6.83. The molecule has 4 rings (SSSR count). The van der Waals surface area contributed by atoms with Crippen LogP contribution in [0.4, 0.5) is 17.3 Å². The van der Waals surface area contributed by atoms with Crippen LogP contribution in [0.2, 0.25) is 0 Å². The van der Waals surface area contributed by atoms with Crippen LogP contribution in [-0.2, 0) is 11.2 Å². The summed E-state index contributed by atoms with van der Waals surface area (Å²) in [4.78, 5) is 19.4. The van der Waals surface area contributed by atoms with Gasteiger partial charge in [-0.3, -0.25) is 0 Å². The molecule has 2 aliphatic rings. The lowest BCUT2D eigenvalue weighted by molar-refractivity contribution is 0.0903. The van der Waals surface area contributed by atoms with E-state index in [0.717, 1.165) is 92.7 Å². The van der Waals surface area contributed by atoms with Crippen LogP contribution in [-0.4, -0.2) is 79.4 Å². The van der Waals surface area contributed by atoms with Crippen LogP contribution in [0.15, 0.2) is 6.20 Å². The van der Waals surface area contributed by atoms with Gasteiger partial charge in [-0.2, -0.15) is 0 Å². The summed E-state index contributed by atoms with van der Waals surface area (Å²) in [6.07, 6.45) is 4.78. The van der Waals surface area contributed by atoms with Crippen LogP contribution in [0, 0.1) is 0 Å². The molecule has 0 radical (unpaired) electrons. The maximum Gasteiger partial charge on any atom is 0.154 e. The summed E-state index contributed by atoms with van der Waals surface area (Å²) in [6.45, 7) is 7.78. The lowest BCUT2D eigenvalue weighted by atomic mass is 10.1. The van der Waals surface area contributed by atoms with E-state index in [1.54, 1.807) is 0 Å². The van der Waals surface area contributed by atoms with E-state index < -0.39 is 0 Å². The first kappa shape index (κ1) is 19.1. The molecule has 2 saturated heterocycles. The van der Waals surface area contributed by atoms with Crippen molar-refractivity contribution in [2.45, 2.75) is 32.2 Å². The lowest BCUT2D eigenvalue weighted by Crippen LogP contribution is -2.44. The Kier molecular flexibility index (Phi) is 5.77. The second-order valence-corrected chi connectivity index (χ2v) is 7.63. The normalized spacial score (nSPS) is 19.2. The van der Waals surface area contributed by atoms with E-state index in [-0.39, 0.29) is 0 Å². The van der Waals surface area contributed by atoms with Crippen molar-refractivity contribution in [3.63, 3.8) is 0 Å². The SMILES string of the molecule is CCc1nc2c(NC)ncc(N3CCN(C)CC3)c2nc1NC1CCOCC1. The van der Waals surface area contributed by atoms with E-state index >= 15 is 0 Å². The molecule has 8 nitrogen and oxygen atoms in total. The van der Waals surface area contributed by atoms with Crippen LogP contribution in [0.3, 0.4) is 0 Å². The first-order chi connectivity index (χ1) is 13.7. The fraction of sp³-hybridized carbons (Fsp3) is 0.650. The number of hydrogen-bond donors (Lipinski definition) is 2. The molecule has 8 heteroatoms. The number of likely N-dealkylation sites (N-methyl/N-ethyl adjacent to an activating group) is 1. The summed E-state index contributed by atoms with van der Waals surface area (Å²) in [5.74, 6) is 1.69. The molecule has 0 atom stereocenters. The van der Waals surface area contributed by atoms with Crippen molar-refractivity contribution < 1.29 is 4.74 Å². The number of fused-ring (bicyclic) bond motifs is 1. The second kappa shape index (κ2) is 8.45. The molecule has 0 spiro atoms. The molecular weight excluding hydrogens is 354 g/mol. The minimum atomic E-state index is 0.392. The highest BCUT2D eigenvalue weighted by Gasteiger charge is 2.22. The fourth-order valence-electron chi connectivity index (χ4n) is 3.92. The molecule has 0 saturated carbocycles. The van der Waals surface area contributed by atoms with Crippen molar-refractivity contribution in [2.24, 2.45) is 0 Å². The van der Waals surface area contributed by atoms with E-state index in [0.29, 0.717) is 6.04 Å². The average molecular weight is 386 g/mol. The zero-order valence-electron chi connectivity index (χ0n) is 17.2. The molecule has 28 heavy (non-hydrogen) atoms. The van der Waals surface area contributed by atoms with Crippen molar-refractivity contribution in [3.8, 4) is 0 Å². The van der Waals surface area contributed by atoms with Gasteiger partial charge in [0.2, 0.25) is 0 Å². The molecule has 0 bridgehead atoms. The number of nitrogens with one attached hydrogen (secondary N) is 2. The Morgan fingerprint density at radius 3 is 2.50 bits per heavy atom. The van der Waals surface area contributed by atoms with Gasteiger partial charge in [-0.05, 0) is 26.3 Å². The lowest BCUT2D eigenvalue weighted by Gasteiger charge is -2.34. The average Bonchev–Trinajstić information content (AvgIpc) is 2.74. The Morgan fingerprint density at radius 1 is 1.07 bits per heavy atom. The van der Waals surface area contributed by atoms with Crippen LogP contribution >= 0.6 is 0 Å². The predicted molar refractivity (Wildman–Crippen MR) is 113 cm³/mol. The number of anilines is 3. The quantitative estimate of drug-likeness (QED) is 0.809. The molecule has 0 unspecified atom stereocenters. The summed E-state index contributed by atoms with van der Waals surface area (Å²) >= 11 is 0. The summed E-state index contributed by atoms with van der Waals surface area (Å²) < 4.78 is 5.50. The third-order valence-corrected chi connectivity index (χ3v) is 5.73. The van der Waals surface area contributed by atoms with Gasteiger partial charge in [-0.15, -0.1) is 0 Å². The van der Waals surface area contributed by atoms with Gasteiger partial charge in [-0.1, -0.05) is 6.92 Å². The zero-order valence-corrected chi connectivity index (χ0v) is 17.2. The number of hydrogen-bond acceptors (Lipinski definition) is 8.